The summed E-state index contributed by atoms with van der Waals surface area (Å²) in [4.78, 5) is 17.0. The monoisotopic (exact) mass is 311 g/mol. The molecule has 0 aliphatic rings. The number of halogens is 1. The smallest absolute Gasteiger partial charge is 0.243 e. The minimum atomic E-state index is -0.356. The topological polar surface area (TPSA) is 64.7 Å². The van der Waals surface area contributed by atoms with Crippen LogP contribution in [0.5, 0.6) is 0 Å². The van der Waals surface area contributed by atoms with Crippen LogP contribution in [0.2, 0.25) is 0 Å². The highest BCUT2D eigenvalue weighted by atomic mass is 35.5. The van der Waals surface area contributed by atoms with E-state index in [1.54, 1.807) is 4.68 Å². The molecule has 21 heavy (non-hydrogen) atoms. The lowest BCUT2D eigenvalue weighted by Crippen LogP contribution is -2.36. The Morgan fingerprint density at radius 3 is 2.62 bits per heavy atom. The van der Waals surface area contributed by atoms with Crippen molar-refractivity contribution in [3.8, 4) is 0 Å². The molecule has 2 rings (SSSR count). The van der Waals surface area contributed by atoms with Gasteiger partial charge in [-0.05, 0) is 27.7 Å². The molecule has 0 saturated carbocycles. The van der Waals surface area contributed by atoms with Gasteiger partial charge in [0.1, 0.15) is 17.4 Å². The lowest BCUT2D eigenvalue weighted by atomic mass is 10.2. The maximum atomic E-state index is 12.3. The number of alkyl halides is 1. The van der Waals surface area contributed by atoms with E-state index in [1.165, 1.54) is 0 Å². The lowest BCUT2D eigenvalue weighted by Gasteiger charge is -2.18. The molecule has 1 N–H and O–H groups in total. The maximum Gasteiger partial charge on any atom is 0.243 e. The predicted octanol–water partition coefficient (Wildman–Crippen LogP) is 1.95. The number of carbonyl (C=O) groups excluding carboxylic acids is 1. The molecule has 0 aliphatic heterocycles. The van der Waals surface area contributed by atoms with Crippen molar-refractivity contribution >= 4 is 28.7 Å². The Bertz CT molecular complexity index is 658. The van der Waals surface area contributed by atoms with Gasteiger partial charge >= 0.3 is 0 Å². The fourth-order valence-electron chi connectivity index (χ4n) is 2.53. The molecular weight excluding hydrogens is 290 g/mol. The van der Waals surface area contributed by atoms with Crippen molar-refractivity contribution in [1.82, 2.24) is 24.6 Å². The number of hydrogen-bond acceptors (Lipinski definition) is 3. The Balaban J connectivity index is 2.53. The van der Waals surface area contributed by atoms with E-state index in [0.717, 1.165) is 22.7 Å². The molecule has 0 radical (unpaired) electrons. The largest absolute Gasteiger partial charge is 0.352 e. The van der Waals surface area contributed by atoms with Crippen LogP contribution in [0.4, 0.5) is 0 Å². The number of amides is 1. The van der Waals surface area contributed by atoms with Crippen molar-refractivity contribution in [1.29, 1.82) is 0 Å². The number of nitrogens with zero attached hydrogens (tertiary/aromatic N) is 4. The van der Waals surface area contributed by atoms with E-state index in [9.17, 15) is 4.79 Å². The predicted molar refractivity (Wildman–Crippen MR) is 83.6 cm³/mol. The van der Waals surface area contributed by atoms with Crippen LogP contribution in [0.15, 0.2) is 0 Å². The van der Waals surface area contributed by atoms with Crippen LogP contribution in [-0.2, 0) is 18.3 Å². The van der Waals surface area contributed by atoms with Gasteiger partial charge < -0.3 is 9.88 Å². The Morgan fingerprint density at radius 1 is 1.38 bits per heavy atom. The fraction of sp³-hybridized carbons (Fsp3) is 0.643. The molecule has 0 fully saturated rings. The number of rotatable bonds is 5. The summed E-state index contributed by atoms with van der Waals surface area (Å²) in [6.45, 7) is 7.69. The second kappa shape index (κ2) is 6.05. The summed E-state index contributed by atoms with van der Waals surface area (Å²) in [7, 11) is 1.87. The standard InChI is InChI=1S/C14H22ClN5O/c1-8(2)16-13(21)10(4)20-11(6-7-15)17-12-9(3)18-19(5)14(12)20/h8,10H,6-7H2,1-5H3,(H,16,21). The number of nitrogens with one attached hydrogen (secondary N) is 1. The van der Waals surface area contributed by atoms with Crippen LogP contribution in [-0.4, -0.2) is 37.2 Å². The van der Waals surface area contributed by atoms with Crippen molar-refractivity contribution in [2.45, 2.75) is 46.2 Å². The Morgan fingerprint density at radius 2 is 2.05 bits per heavy atom. The van der Waals surface area contributed by atoms with Crippen LogP contribution in [0.25, 0.3) is 11.2 Å². The molecule has 2 heterocycles. The molecule has 116 valence electrons. The number of hydrogen-bond donors (Lipinski definition) is 1. The average Bonchev–Trinajstić information content (AvgIpc) is 2.88. The molecule has 1 amide bonds. The van der Waals surface area contributed by atoms with Crippen molar-refractivity contribution in [3.05, 3.63) is 11.5 Å². The highest BCUT2D eigenvalue weighted by Crippen LogP contribution is 2.24. The van der Waals surface area contributed by atoms with Crippen molar-refractivity contribution in [3.63, 3.8) is 0 Å². The van der Waals surface area contributed by atoms with Crippen molar-refractivity contribution in [2.24, 2.45) is 7.05 Å². The highest BCUT2D eigenvalue weighted by Gasteiger charge is 2.25. The first-order valence-corrected chi connectivity index (χ1v) is 7.67. The third-order valence-corrected chi connectivity index (χ3v) is 3.61. The van der Waals surface area contributed by atoms with Gasteiger partial charge in [-0.25, -0.2) is 4.98 Å². The number of aromatic nitrogens is 4. The number of carbonyl (C=O) groups is 1. The highest BCUT2D eigenvalue weighted by molar-refractivity contribution is 6.17. The maximum absolute atomic E-state index is 12.3. The minimum Gasteiger partial charge on any atom is -0.352 e. The first kappa shape index (κ1) is 15.8. The van der Waals surface area contributed by atoms with E-state index in [0.29, 0.717) is 12.3 Å². The van der Waals surface area contributed by atoms with Gasteiger partial charge in [-0.3, -0.25) is 9.48 Å². The Hall–Kier alpha value is -1.56. The van der Waals surface area contributed by atoms with Crippen LogP contribution >= 0.6 is 11.6 Å². The third-order valence-electron chi connectivity index (χ3n) is 3.42. The van der Waals surface area contributed by atoms with E-state index in [2.05, 4.69) is 15.4 Å². The van der Waals surface area contributed by atoms with Gasteiger partial charge in [0.05, 0.1) is 5.69 Å². The van der Waals surface area contributed by atoms with Crippen LogP contribution in [0.3, 0.4) is 0 Å². The summed E-state index contributed by atoms with van der Waals surface area (Å²) in [5.74, 6) is 1.26. The van der Waals surface area contributed by atoms with E-state index >= 15 is 0 Å². The number of imidazole rings is 1. The summed E-state index contributed by atoms with van der Waals surface area (Å²) in [6.07, 6.45) is 0.620. The Labute approximate surface area is 129 Å². The molecule has 0 bridgehead atoms. The van der Waals surface area contributed by atoms with E-state index < -0.39 is 0 Å². The third kappa shape index (κ3) is 2.90. The van der Waals surface area contributed by atoms with Crippen LogP contribution < -0.4 is 5.32 Å². The van der Waals surface area contributed by atoms with Crippen LogP contribution in [0.1, 0.15) is 38.3 Å². The van der Waals surface area contributed by atoms with Crippen LogP contribution in [0, 0.1) is 6.92 Å². The zero-order chi connectivity index (χ0) is 15.7. The van der Waals surface area contributed by atoms with Gasteiger partial charge in [0.2, 0.25) is 5.91 Å². The fourth-order valence-corrected chi connectivity index (χ4v) is 2.70. The molecule has 1 atom stereocenters. The molecule has 6 nitrogen and oxygen atoms in total. The number of fused-ring (bicyclic) bond motifs is 1. The lowest BCUT2D eigenvalue weighted by molar-refractivity contribution is -0.124. The molecule has 1 unspecified atom stereocenters. The molecule has 0 spiro atoms. The van der Waals surface area contributed by atoms with E-state index in [1.807, 2.05) is 39.3 Å². The summed E-state index contributed by atoms with van der Waals surface area (Å²) >= 11 is 5.87. The van der Waals surface area contributed by atoms with Gasteiger partial charge in [-0.1, -0.05) is 0 Å². The second-order valence-corrected chi connectivity index (χ2v) is 5.94. The van der Waals surface area contributed by atoms with Gasteiger partial charge in [0.15, 0.2) is 5.65 Å². The molecular formula is C14H22ClN5O. The summed E-state index contributed by atoms with van der Waals surface area (Å²) in [5, 5.41) is 7.32. The molecule has 0 saturated heterocycles. The second-order valence-electron chi connectivity index (χ2n) is 5.56. The normalized spacial score (nSPS) is 13.1. The van der Waals surface area contributed by atoms with Gasteiger partial charge in [0.25, 0.3) is 0 Å². The van der Waals surface area contributed by atoms with Gasteiger partial charge in [0, 0.05) is 25.4 Å². The number of aryl methyl sites for hydroxylation is 3. The SMILES string of the molecule is Cc1nn(C)c2c1nc(CCCl)n2C(C)C(=O)NC(C)C. The zero-order valence-electron chi connectivity index (χ0n) is 13.1. The van der Waals surface area contributed by atoms with Crippen molar-refractivity contribution < 1.29 is 4.79 Å². The molecule has 7 heteroatoms. The van der Waals surface area contributed by atoms with E-state index in [-0.39, 0.29) is 18.0 Å². The van der Waals surface area contributed by atoms with Crippen molar-refractivity contribution in [2.75, 3.05) is 5.88 Å². The molecule has 2 aromatic heterocycles. The first-order chi connectivity index (χ1) is 9.86. The minimum absolute atomic E-state index is 0.0287. The summed E-state index contributed by atoms with van der Waals surface area (Å²) in [6, 6.07) is -0.255. The average molecular weight is 312 g/mol. The summed E-state index contributed by atoms with van der Waals surface area (Å²) < 4.78 is 3.71. The quantitative estimate of drug-likeness (QED) is 0.858. The molecule has 2 aromatic rings. The zero-order valence-corrected chi connectivity index (χ0v) is 13.9. The molecule has 0 aliphatic carbocycles. The Kier molecular flexibility index (Phi) is 4.56. The van der Waals surface area contributed by atoms with Gasteiger partial charge in [-0.2, -0.15) is 5.10 Å². The first-order valence-electron chi connectivity index (χ1n) is 7.13. The molecule has 0 aromatic carbocycles. The summed E-state index contributed by atoms with van der Waals surface area (Å²) in [5.41, 5.74) is 2.55. The van der Waals surface area contributed by atoms with Gasteiger partial charge in [-0.15, -0.1) is 11.6 Å². The van der Waals surface area contributed by atoms with E-state index in [4.69, 9.17) is 11.6 Å².